The van der Waals surface area contributed by atoms with Gasteiger partial charge in [-0.05, 0) is 54.3 Å². The van der Waals surface area contributed by atoms with Crippen LogP contribution in [-0.2, 0) is 4.79 Å². The summed E-state index contributed by atoms with van der Waals surface area (Å²) in [6.45, 7) is 0.404. The van der Waals surface area contributed by atoms with Crippen molar-refractivity contribution in [2.45, 2.75) is 18.9 Å². The molecule has 1 amide bonds. The minimum atomic E-state index is -0.999. The lowest BCUT2D eigenvalue weighted by Gasteiger charge is -2.22. The zero-order valence-electron chi connectivity index (χ0n) is 15.9. The van der Waals surface area contributed by atoms with Crippen LogP contribution in [-0.4, -0.2) is 39.5 Å². The molecule has 7 heteroatoms. The summed E-state index contributed by atoms with van der Waals surface area (Å²) in [5, 5.41) is 9.92. The SMILES string of the molecule is O=C(O)C1CCCN1C(=O)c1ccc(-c2ccc(F)nc2)c(-c2ccccc2Cl)c1. The predicted octanol–water partition coefficient (Wildman–Crippen LogP) is 4.90. The molecule has 4 rings (SSSR count). The molecule has 1 unspecified atom stereocenters. The summed E-state index contributed by atoms with van der Waals surface area (Å²) in [6.07, 6.45) is 2.52. The van der Waals surface area contributed by atoms with Gasteiger partial charge in [0.1, 0.15) is 6.04 Å². The van der Waals surface area contributed by atoms with Crippen molar-refractivity contribution in [1.29, 1.82) is 0 Å². The Hall–Kier alpha value is -3.25. The van der Waals surface area contributed by atoms with Gasteiger partial charge in [0.05, 0.1) is 0 Å². The zero-order valence-corrected chi connectivity index (χ0v) is 16.6. The van der Waals surface area contributed by atoms with Crippen LogP contribution >= 0.6 is 11.6 Å². The van der Waals surface area contributed by atoms with E-state index in [0.717, 1.165) is 5.56 Å². The van der Waals surface area contributed by atoms with Crippen molar-refractivity contribution in [2.75, 3.05) is 6.54 Å². The molecule has 0 radical (unpaired) electrons. The van der Waals surface area contributed by atoms with Gasteiger partial charge in [0.25, 0.3) is 5.91 Å². The van der Waals surface area contributed by atoms with Crippen molar-refractivity contribution in [1.82, 2.24) is 9.88 Å². The molecule has 0 saturated carbocycles. The summed E-state index contributed by atoms with van der Waals surface area (Å²) in [6, 6.07) is 14.4. The van der Waals surface area contributed by atoms with E-state index < -0.39 is 18.0 Å². The number of carboxylic acids is 1. The number of carboxylic acid groups (broad SMARTS) is 1. The molecule has 3 aromatic rings. The van der Waals surface area contributed by atoms with Crippen molar-refractivity contribution in [2.24, 2.45) is 0 Å². The van der Waals surface area contributed by atoms with E-state index in [9.17, 15) is 19.1 Å². The highest BCUT2D eigenvalue weighted by molar-refractivity contribution is 6.33. The number of likely N-dealkylation sites (tertiary alicyclic amines) is 1. The van der Waals surface area contributed by atoms with Gasteiger partial charge in [-0.15, -0.1) is 0 Å². The second kappa shape index (κ2) is 8.24. The third-order valence-corrected chi connectivity index (χ3v) is 5.60. The normalized spacial score (nSPS) is 15.9. The third-order valence-electron chi connectivity index (χ3n) is 5.27. The zero-order chi connectivity index (χ0) is 21.3. The summed E-state index contributed by atoms with van der Waals surface area (Å²) in [5.41, 5.74) is 3.19. The molecule has 5 nitrogen and oxygen atoms in total. The van der Waals surface area contributed by atoms with Crippen LogP contribution in [0.3, 0.4) is 0 Å². The number of hydrogen-bond acceptors (Lipinski definition) is 3. The van der Waals surface area contributed by atoms with Crippen LogP contribution in [0.5, 0.6) is 0 Å². The number of aromatic nitrogens is 1. The van der Waals surface area contributed by atoms with Gasteiger partial charge in [-0.2, -0.15) is 4.39 Å². The first-order valence-corrected chi connectivity index (χ1v) is 9.88. The lowest BCUT2D eigenvalue weighted by Crippen LogP contribution is -2.40. The lowest BCUT2D eigenvalue weighted by atomic mass is 9.93. The topological polar surface area (TPSA) is 70.5 Å². The Morgan fingerprint density at radius 3 is 2.57 bits per heavy atom. The van der Waals surface area contributed by atoms with Crippen LogP contribution in [0.25, 0.3) is 22.3 Å². The number of rotatable bonds is 4. The summed E-state index contributed by atoms with van der Waals surface area (Å²) in [7, 11) is 0. The van der Waals surface area contributed by atoms with Crippen molar-refractivity contribution in [3.8, 4) is 22.3 Å². The minimum Gasteiger partial charge on any atom is -0.480 e. The van der Waals surface area contributed by atoms with Crippen LogP contribution in [0.1, 0.15) is 23.2 Å². The lowest BCUT2D eigenvalue weighted by molar-refractivity contribution is -0.141. The Labute approximate surface area is 177 Å². The largest absolute Gasteiger partial charge is 0.480 e. The molecule has 1 saturated heterocycles. The Balaban J connectivity index is 1.82. The molecule has 0 spiro atoms. The molecule has 0 bridgehead atoms. The molecule has 1 atom stereocenters. The number of nitrogens with zero attached hydrogens (tertiary/aromatic N) is 2. The summed E-state index contributed by atoms with van der Waals surface area (Å²) >= 11 is 6.42. The highest BCUT2D eigenvalue weighted by Gasteiger charge is 2.34. The highest BCUT2D eigenvalue weighted by Crippen LogP contribution is 2.37. The Kier molecular flexibility index (Phi) is 5.50. The molecule has 1 aromatic heterocycles. The second-order valence-electron chi connectivity index (χ2n) is 7.10. The highest BCUT2D eigenvalue weighted by atomic mass is 35.5. The second-order valence-corrected chi connectivity index (χ2v) is 7.51. The first kappa shape index (κ1) is 20.0. The van der Waals surface area contributed by atoms with E-state index in [-0.39, 0.29) is 5.91 Å². The molecular formula is C23H18ClFN2O3. The maximum absolute atomic E-state index is 13.3. The third kappa shape index (κ3) is 3.78. The van der Waals surface area contributed by atoms with Crippen molar-refractivity contribution in [3.63, 3.8) is 0 Å². The van der Waals surface area contributed by atoms with Crippen molar-refractivity contribution < 1.29 is 19.1 Å². The fourth-order valence-corrected chi connectivity index (χ4v) is 4.04. The van der Waals surface area contributed by atoms with E-state index in [4.69, 9.17) is 11.6 Å². The van der Waals surface area contributed by atoms with E-state index in [2.05, 4.69) is 4.98 Å². The van der Waals surface area contributed by atoms with Gasteiger partial charge in [-0.25, -0.2) is 9.78 Å². The van der Waals surface area contributed by atoms with Crippen LogP contribution in [0.15, 0.2) is 60.8 Å². The van der Waals surface area contributed by atoms with Gasteiger partial charge in [0.2, 0.25) is 5.95 Å². The maximum Gasteiger partial charge on any atom is 0.326 e. The number of carbonyl (C=O) groups is 2. The molecule has 1 N–H and O–H groups in total. The molecule has 152 valence electrons. The Bertz CT molecular complexity index is 1120. The first-order valence-electron chi connectivity index (χ1n) is 9.50. The predicted molar refractivity (Wildman–Crippen MR) is 112 cm³/mol. The molecule has 1 aliphatic rings. The fraction of sp³-hybridized carbons (Fsp3) is 0.174. The molecule has 2 aromatic carbocycles. The van der Waals surface area contributed by atoms with E-state index in [1.54, 1.807) is 30.3 Å². The molecule has 0 aliphatic carbocycles. The minimum absolute atomic E-state index is 0.336. The average molecular weight is 425 g/mol. The summed E-state index contributed by atoms with van der Waals surface area (Å²) in [4.78, 5) is 29.7. The van der Waals surface area contributed by atoms with Crippen LogP contribution < -0.4 is 0 Å². The van der Waals surface area contributed by atoms with E-state index in [0.29, 0.717) is 46.7 Å². The van der Waals surface area contributed by atoms with Gasteiger partial charge in [-0.1, -0.05) is 35.9 Å². The molecule has 2 heterocycles. The molecular weight excluding hydrogens is 407 g/mol. The number of halogens is 2. The molecule has 30 heavy (non-hydrogen) atoms. The molecule has 1 fully saturated rings. The number of hydrogen-bond donors (Lipinski definition) is 1. The Morgan fingerprint density at radius 1 is 1.07 bits per heavy atom. The Morgan fingerprint density at radius 2 is 1.87 bits per heavy atom. The maximum atomic E-state index is 13.3. The van der Waals surface area contributed by atoms with Gasteiger partial charge >= 0.3 is 5.97 Å². The standard InChI is InChI=1S/C23H18ClFN2O3/c24-19-5-2-1-4-17(19)18-12-14(22(28)27-11-3-6-20(27)23(29)30)7-9-16(18)15-8-10-21(25)26-13-15/h1-2,4-5,7-10,12-13,20H,3,6,11H2,(H,29,30). The van der Waals surface area contributed by atoms with E-state index in [1.165, 1.54) is 17.2 Å². The summed E-state index contributed by atoms with van der Waals surface area (Å²) < 4.78 is 13.3. The average Bonchev–Trinajstić information content (AvgIpc) is 3.24. The molecule has 1 aliphatic heterocycles. The quantitative estimate of drug-likeness (QED) is 0.605. The number of aliphatic carboxylic acids is 1. The smallest absolute Gasteiger partial charge is 0.326 e. The van der Waals surface area contributed by atoms with Crippen molar-refractivity contribution >= 4 is 23.5 Å². The van der Waals surface area contributed by atoms with Gasteiger partial charge < -0.3 is 10.0 Å². The van der Waals surface area contributed by atoms with E-state index >= 15 is 0 Å². The first-order chi connectivity index (χ1) is 14.5. The number of benzene rings is 2. The van der Waals surface area contributed by atoms with Gasteiger partial charge in [0.15, 0.2) is 0 Å². The summed E-state index contributed by atoms with van der Waals surface area (Å²) in [5.74, 6) is -1.92. The monoisotopic (exact) mass is 424 g/mol. The van der Waals surface area contributed by atoms with Gasteiger partial charge in [0, 0.05) is 34.5 Å². The van der Waals surface area contributed by atoms with Crippen LogP contribution in [0, 0.1) is 5.95 Å². The van der Waals surface area contributed by atoms with Crippen LogP contribution in [0.4, 0.5) is 4.39 Å². The van der Waals surface area contributed by atoms with Crippen LogP contribution in [0.2, 0.25) is 5.02 Å². The number of pyridine rings is 1. The number of carbonyl (C=O) groups excluding carboxylic acids is 1. The van der Waals surface area contributed by atoms with Crippen molar-refractivity contribution in [3.05, 3.63) is 77.3 Å². The van der Waals surface area contributed by atoms with E-state index in [1.807, 2.05) is 18.2 Å². The number of amides is 1. The fourth-order valence-electron chi connectivity index (χ4n) is 3.80. The van der Waals surface area contributed by atoms with Gasteiger partial charge in [-0.3, -0.25) is 4.79 Å².